The lowest BCUT2D eigenvalue weighted by molar-refractivity contribution is -0.150. The summed E-state index contributed by atoms with van der Waals surface area (Å²) < 4.78 is 5.23. The Morgan fingerprint density at radius 1 is 1.38 bits per heavy atom. The fourth-order valence-corrected chi connectivity index (χ4v) is 2.56. The number of benzene rings is 1. The molecule has 21 heavy (non-hydrogen) atoms. The smallest absolute Gasteiger partial charge is 0.328 e. The predicted molar refractivity (Wildman–Crippen MR) is 81.9 cm³/mol. The third kappa shape index (κ3) is 4.56. The molecule has 0 spiro atoms. The maximum Gasteiger partial charge on any atom is 0.328 e. The van der Waals surface area contributed by atoms with E-state index >= 15 is 0 Å². The Labute approximate surface area is 130 Å². The zero-order valence-corrected chi connectivity index (χ0v) is 12.6. The van der Waals surface area contributed by atoms with Crippen LogP contribution < -0.4 is 0 Å². The van der Waals surface area contributed by atoms with Crippen molar-refractivity contribution < 1.29 is 14.6 Å². The van der Waals surface area contributed by atoms with E-state index in [1.54, 1.807) is 0 Å². The number of nitrogens with zero attached hydrogens (tertiary/aromatic N) is 1. The van der Waals surface area contributed by atoms with Crippen LogP contribution in [0.1, 0.15) is 24.4 Å². The summed E-state index contributed by atoms with van der Waals surface area (Å²) in [6.07, 6.45) is 1.05. The zero-order valence-electron chi connectivity index (χ0n) is 11.9. The van der Waals surface area contributed by atoms with E-state index in [2.05, 4.69) is 6.58 Å². The van der Waals surface area contributed by atoms with Crippen LogP contribution in [0.3, 0.4) is 0 Å². The molecule has 1 saturated heterocycles. The van der Waals surface area contributed by atoms with Gasteiger partial charge in [0.05, 0.1) is 6.10 Å². The van der Waals surface area contributed by atoms with Gasteiger partial charge in [0.2, 0.25) is 0 Å². The Kier molecular flexibility index (Phi) is 5.79. The number of esters is 1. The van der Waals surface area contributed by atoms with Crippen molar-refractivity contribution in [3.05, 3.63) is 47.5 Å². The molecular formula is C16H20ClNO3. The molecule has 1 aromatic rings. The molecule has 1 aromatic carbocycles. The van der Waals surface area contributed by atoms with E-state index in [1.165, 1.54) is 0 Å². The molecule has 2 rings (SSSR count). The molecule has 4 nitrogen and oxygen atoms in total. The van der Waals surface area contributed by atoms with Gasteiger partial charge >= 0.3 is 5.97 Å². The fraction of sp³-hybridized carbons (Fsp3) is 0.438. The van der Waals surface area contributed by atoms with E-state index in [-0.39, 0.29) is 18.7 Å². The van der Waals surface area contributed by atoms with Crippen molar-refractivity contribution in [2.24, 2.45) is 0 Å². The van der Waals surface area contributed by atoms with Gasteiger partial charge in [-0.2, -0.15) is 0 Å². The van der Waals surface area contributed by atoms with Gasteiger partial charge in [-0.15, -0.1) is 0 Å². The highest BCUT2D eigenvalue weighted by atomic mass is 35.5. The quantitative estimate of drug-likeness (QED) is 0.849. The fourth-order valence-electron chi connectivity index (χ4n) is 2.50. The third-order valence-electron chi connectivity index (χ3n) is 3.57. The minimum absolute atomic E-state index is 0.0141. The number of piperidine rings is 1. The molecule has 0 radical (unpaired) electrons. The third-order valence-corrected chi connectivity index (χ3v) is 3.68. The van der Waals surface area contributed by atoms with Gasteiger partial charge in [-0.05, 0) is 18.4 Å². The molecule has 5 heteroatoms. The summed E-state index contributed by atoms with van der Waals surface area (Å²) in [6.45, 7) is 4.87. The normalized spacial score (nSPS) is 18.2. The van der Waals surface area contributed by atoms with Crippen molar-refractivity contribution in [1.29, 1.82) is 0 Å². The maximum atomic E-state index is 12.4. The predicted octanol–water partition coefficient (Wildman–Crippen LogP) is 2.48. The molecule has 0 amide bonds. The minimum atomic E-state index is -0.463. The largest absolute Gasteiger partial charge is 0.458 e. The van der Waals surface area contributed by atoms with Crippen LogP contribution in [0.25, 0.3) is 0 Å². The van der Waals surface area contributed by atoms with Gasteiger partial charge in [-0.25, -0.2) is 4.79 Å². The number of halogens is 1. The van der Waals surface area contributed by atoms with E-state index in [4.69, 9.17) is 16.3 Å². The first-order valence-electron chi connectivity index (χ1n) is 7.05. The second kappa shape index (κ2) is 7.59. The van der Waals surface area contributed by atoms with Crippen molar-refractivity contribution >= 4 is 17.6 Å². The van der Waals surface area contributed by atoms with Crippen molar-refractivity contribution in [1.82, 2.24) is 4.90 Å². The molecule has 0 aliphatic carbocycles. The summed E-state index contributed by atoms with van der Waals surface area (Å²) >= 11 is 5.66. The number of hydrogen-bond acceptors (Lipinski definition) is 4. The van der Waals surface area contributed by atoms with Crippen LogP contribution >= 0.6 is 11.6 Å². The second-order valence-electron chi connectivity index (χ2n) is 5.21. The summed E-state index contributed by atoms with van der Waals surface area (Å²) in [5.74, 6) is -0.334. The van der Waals surface area contributed by atoms with E-state index in [0.717, 1.165) is 5.56 Å². The molecule has 0 unspecified atom stereocenters. The lowest BCUT2D eigenvalue weighted by atomic mass is 10.0. The molecule has 1 fully saturated rings. The highest BCUT2D eigenvalue weighted by Crippen LogP contribution is 2.26. The van der Waals surface area contributed by atoms with Gasteiger partial charge in [-0.3, -0.25) is 4.90 Å². The van der Waals surface area contributed by atoms with Crippen LogP contribution in [-0.2, 0) is 9.53 Å². The average molecular weight is 310 g/mol. The van der Waals surface area contributed by atoms with Gasteiger partial charge in [0.1, 0.15) is 12.6 Å². The topological polar surface area (TPSA) is 49.8 Å². The molecule has 0 saturated carbocycles. The summed E-state index contributed by atoms with van der Waals surface area (Å²) in [4.78, 5) is 14.4. The Morgan fingerprint density at radius 2 is 2.00 bits per heavy atom. The number of carbonyl (C=O) groups excluding carboxylic acids is 1. The van der Waals surface area contributed by atoms with Crippen molar-refractivity contribution in [3.8, 4) is 0 Å². The summed E-state index contributed by atoms with van der Waals surface area (Å²) in [7, 11) is 0. The van der Waals surface area contributed by atoms with E-state index in [9.17, 15) is 9.90 Å². The summed E-state index contributed by atoms with van der Waals surface area (Å²) in [6, 6.07) is 9.06. The minimum Gasteiger partial charge on any atom is -0.458 e. The Morgan fingerprint density at radius 3 is 2.57 bits per heavy atom. The van der Waals surface area contributed by atoms with Crippen LogP contribution in [0, 0.1) is 0 Å². The highest BCUT2D eigenvalue weighted by Gasteiger charge is 2.31. The maximum absolute atomic E-state index is 12.4. The number of likely N-dealkylation sites (tertiary alicyclic amines) is 1. The molecular weight excluding hydrogens is 290 g/mol. The van der Waals surface area contributed by atoms with Crippen molar-refractivity contribution in [2.75, 3.05) is 19.7 Å². The van der Waals surface area contributed by atoms with Crippen LogP contribution in [-0.4, -0.2) is 41.8 Å². The van der Waals surface area contributed by atoms with Crippen LogP contribution in [0.15, 0.2) is 41.9 Å². The van der Waals surface area contributed by atoms with Gasteiger partial charge < -0.3 is 9.84 Å². The number of rotatable bonds is 5. The van der Waals surface area contributed by atoms with E-state index in [1.807, 2.05) is 35.2 Å². The zero-order chi connectivity index (χ0) is 15.2. The summed E-state index contributed by atoms with van der Waals surface area (Å²) in [5, 5.41) is 9.92. The molecule has 1 aliphatic heterocycles. The molecule has 1 atom stereocenters. The number of aliphatic hydroxyl groups is 1. The van der Waals surface area contributed by atoms with Gasteiger partial charge in [0.25, 0.3) is 0 Å². The van der Waals surface area contributed by atoms with Gasteiger partial charge in [0, 0.05) is 18.1 Å². The van der Waals surface area contributed by atoms with E-state index in [0.29, 0.717) is 31.0 Å². The van der Waals surface area contributed by atoms with Crippen LogP contribution in [0.5, 0.6) is 0 Å². The number of carbonyl (C=O) groups is 1. The van der Waals surface area contributed by atoms with Crippen molar-refractivity contribution in [3.63, 3.8) is 0 Å². The van der Waals surface area contributed by atoms with Crippen molar-refractivity contribution in [2.45, 2.75) is 25.0 Å². The lowest BCUT2D eigenvalue weighted by Crippen LogP contribution is -2.42. The molecule has 0 aromatic heterocycles. The second-order valence-corrected chi connectivity index (χ2v) is 5.74. The molecule has 114 valence electrons. The molecule has 1 N–H and O–H groups in total. The highest BCUT2D eigenvalue weighted by molar-refractivity contribution is 6.29. The molecule has 1 heterocycles. The van der Waals surface area contributed by atoms with Gasteiger partial charge in [0.15, 0.2) is 0 Å². The SMILES string of the molecule is C=C(Cl)COC(=O)[C@@H](c1ccccc1)N1CCC(O)CC1. The standard InChI is InChI=1S/C16H20ClNO3/c1-12(17)11-21-16(20)15(13-5-3-2-4-6-13)18-9-7-14(19)8-10-18/h2-6,14-15,19H,1,7-11H2/t15-/m1/s1. The van der Waals surface area contributed by atoms with E-state index < -0.39 is 6.04 Å². The lowest BCUT2D eigenvalue weighted by Gasteiger charge is -2.35. The first kappa shape index (κ1) is 16.0. The number of hydrogen-bond donors (Lipinski definition) is 1. The Balaban J connectivity index is 2.14. The Hall–Kier alpha value is -1.36. The summed E-state index contributed by atoms with van der Waals surface area (Å²) in [5.41, 5.74) is 0.888. The van der Waals surface area contributed by atoms with Gasteiger partial charge in [-0.1, -0.05) is 48.5 Å². The van der Waals surface area contributed by atoms with Crippen LogP contribution in [0.4, 0.5) is 0 Å². The number of aliphatic hydroxyl groups excluding tert-OH is 1. The first-order chi connectivity index (χ1) is 10.1. The van der Waals surface area contributed by atoms with Crippen LogP contribution in [0.2, 0.25) is 0 Å². The Bertz CT molecular complexity index is 484. The molecule has 0 bridgehead atoms. The first-order valence-corrected chi connectivity index (χ1v) is 7.42. The number of ether oxygens (including phenoxy) is 1. The monoisotopic (exact) mass is 309 g/mol. The average Bonchev–Trinajstić information content (AvgIpc) is 2.48. The molecule has 1 aliphatic rings.